The number of nitrogens with one attached hydrogen (secondary N) is 1. The van der Waals surface area contributed by atoms with E-state index in [1.165, 1.54) is 11.3 Å². The Morgan fingerprint density at radius 2 is 2.00 bits per heavy atom. The van der Waals surface area contributed by atoms with Crippen LogP contribution in [0.15, 0.2) is 29.2 Å². The molecule has 76 valence electrons. The summed E-state index contributed by atoms with van der Waals surface area (Å²) < 4.78 is 0. The smallest absolute Gasteiger partial charge is 0.122 e. The van der Waals surface area contributed by atoms with E-state index in [1.807, 2.05) is 36.0 Å². The van der Waals surface area contributed by atoms with Crippen molar-refractivity contribution in [2.24, 2.45) is 5.73 Å². The zero-order valence-electron chi connectivity index (χ0n) is 8.58. The predicted molar refractivity (Wildman–Crippen MR) is 63.1 cm³/mol. The SMILES string of the molecule is CCC(C)Sc1ccc(C(=N)N)cc1. The summed E-state index contributed by atoms with van der Waals surface area (Å²) in [5.74, 6) is 0.130. The molecule has 0 radical (unpaired) electrons. The molecular formula is C11H16N2S. The van der Waals surface area contributed by atoms with Gasteiger partial charge in [-0.2, -0.15) is 0 Å². The lowest BCUT2D eigenvalue weighted by atomic mass is 10.2. The van der Waals surface area contributed by atoms with Gasteiger partial charge in [0.1, 0.15) is 5.84 Å². The first kappa shape index (κ1) is 11.1. The fraction of sp³-hybridized carbons (Fsp3) is 0.364. The molecule has 0 saturated carbocycles. The van der Waals surface area contributed by atoms with Crippen molar-refractivity contribution in [2.75, 3.05) is 0 Å². The molecule has 0 fully saturated rings. The van der Waals surface area contributed by atoms with Crippen LogP contribution in [0.1, 0.15) is 25.8 Å². The second-order valence-electron chi connectivity index (χ2n) is 3.27. The Morgan fingerprint density at radius 3 is 2.43 bits per heavy atom. The van der Waals surface area contributed by atoms with Crippen LogP contribution in [0.2, 0.25) is 0 Å². The second-order valence-corrected chi connectivity index (χ2v) is 4.79. The third-order valence-corrected chi connectivity index (χ3v) is 3.36. The van der Waals surface area contributed by atoms with E-state index < -0.39 is 0 Å². The van der Waals surface area contributed by atoms with E-state index in [0.717, 1.165) is 5.56 Å². The van der Waals surface area contributed by atoms with E-state index in [9.17, 15) is 0 Å². The molecule has 0 aliphatic carbocycles. The highest BCUT2D eigenvalue weighted by atomic mass is 32.2. The third kappa shape index (κ3) is 3.07. The molecule has 1 atom stereocenters. The van der Waals surface area contributed by atoms with Gasteiger partial charge >= 0.3 is 0 Å². The lowest BCUT2D eigenvalue weighted by Crippen LogP contribution is -2.10. The van der Waals surface area contributed by atoms with Crippen molar-refractivity contribution in [1.82, 2.24) is 0 Å². The van der Waals surface area contributed by atoms with Crippen molar-refractivity contribution in [3.8, 4) is 0 Å². The Balaban J connectivity index is 2.68. The standard InChI is InChI=1S/C11H16N2S/c1-3-8(2)14-10-6-4-9(5-7-10)11(12)13/h4-8H,3H2,1-2H3,(H3,12,13). The maximum Gasteiger partial charge on any atom is 0.122 e. The van der Waals surface area contributed by atoms with E-state index >= 15 is 0 Å². The summed E-state index contributed by atoms with van der Waals surface area (Å²) in [6.45, 7) is 4.39. The number of hydrogen-bond acceptors (Lipinski definition) is 2. The quantitative estimate of drug-likeness (QED) is 0.454. The first-order valence-electron chi connectivity index (χ1n) is 4.74. The Bertz CT molecular complexity index is 306. The van der Waals surface area contributed by atoms with Crippen LogP contribution in [0.4, 0.5) is 0 Å². The third-order valence-electron chi connectivity index (χ3n) is 2.08. The molecule has 0 spiro atoms. The van der Waals surface area contributed by atoms with Gasteiger partial charge in [-0.1, -0.05) is 26.0 Å². The Hall–Kier alpha value is -0.960. The molecule has 1 unspecified atom stereocenters. The number of amidine groups is 1. The molecule has 0 aliphatic rings. The van der Waals surface area contributed by atoms with E-state index in [2.05, 4.69) is 13.8 Å². The minimum Gasteiger partial charge on any atom is -0.384 e. The van der Waals surface area contributed by atoms with Crippen LogP contribution in [0.5, 0.6) is 0 Å². The lowest BCUT2D eigenvalue weighted by molar-refractivity contribution is 0.905. The van der Waals surface area contributed by atoms with Crippen LogP contribution in [0, 0.1) is 5.41 Å². The highest BCUT2D eigenvalue weighted by Crippen LogP contribution is 2.24. The van der Waals surface area contributed by atoms with Crippen molar-refractivity contribution in [3.05, 3.63) is 29.8 Å². The maximum atomic E-state index is 7.25. The number of nitrogens with two attached hydrogens (primary N) is 1. The Kier molecular flexibility index (Phi) is 4.01. The Morgan fingerprint density at radius 1 is 1.43 bits per heavy atom. The monoisotopic (exact) mass is 208 g/mol. The van der Waals surface area contributed by atoms with Crippen molar-refractivity contribution in [2.45, 2.75) is 30.4 Å². The van der Waals surface area contributed by atoms with Gasteiger partial charge in [0.25, 0.3) is 0 Å². The highest BCUT2D eigenvalue weighted by molar-refractivity contribution is 7.99. The van der Waals surface area contributed by atoms with Crippen LogP contribution >= 0.6 is 11.8 Å². The molecule has 3 N–H and O–H groups in total. The van der Waals surface area contributed by atoms with Crippen molar-refractivity contribution >= 4 is 17.6 Å². The van der Waals surface area contributed by atoms with Gasteiger partial charge in [0, 0.05) is 15.7 Å². The molecule has 14 heavy (non-hydrogen) atoms. The van der Waals surface area contributed by atoms with Gasteiger partial charge < -0.3 is 5.73 Å². The lowest BCUT2D eigenvalue weighted by Gasteiger charge is -2.08. The molecule has 1 aromatic carbocycles. The number of benzene rings is 1. The van der Waals surface area contributed by atoms with Gasteiger partial charge in [-0.3, -0.25) is 5.41 Å². The second kappa shape index (κ2) is 5.05. The first-order valence-corrected chi connectivity index (χ1v) is 5.62. The largest absolute Gasteiger partial charge is 0.384 e. The normalized spacial score (nSPS) is 12.4. The number of thioether (sulfide) groups is 1. The van der Waals surface area contributed by atoms with E-state index in [4.69, 9.17) is 11.1 Å². The van der Waals surface area contributed by atoms with Crippen molar-refractivity contribution in [3.63, 3.8) is 0 Å². The van der Waals surface area contributed by atoms with Gasteiger partial charge in [-0.25, -0.2) is 0 Å². The van der Waals surface area contributed by atoms with Crippen LogP contribution < -0.4 is 5.73 Å². The van der Waals surface area contributed by atoms with Gasteiger partial charge in [-0.15, -0.1) is 11.8 Å². The fourth-order valence-corrected chi connectivity index (χ4v) is 1.95. The minimum absolute atomic E-state index is 0.130. The molecule has 0 bridgehead atoms. The van der Waals surface area contributed by atoms with Crippen LogP contribution in [-0.2, 0) is 0 Å². The molecule has 0 heterocycles. The maximum absolute atomic E-state index is 7.25. The molecule has 2 nitrogen and oxygen atoms in total. The van der Waals surface area contributed by atoms with Crippen molar-refractivity contribution < 1.29 is 0 Å². The van der Waals surface area contributed by atoms with Gasteiger partial charge in [-0.05, 0) is 18.6 Å². The van der Waals surface area contributed by atoms with E-state index in [1.54, 1.807) is 0 Å². The fourth-order valence-electron chi connectivity index (χ4n) is 1.03. The summed E-state index contributed by atoms with van der Waals surface area (Å²) in [6.07, 6.45) is 1.17. The molecule has 0 aliphatic heterocycles. The first-order chi connectivity index (χ1) is 6.63. The highest BCUT2D eigenvalue weighted by Gasteiger charge is 2.02. The topological polar surface area (TPSA) is 49.9 Å². The number of hydrogen-bond donors (Lipinski definition) is 2. The molecule has 0 amide bonds. The predicted octanol–water partition coefficient (Wildman–Crippen LogP) is 2.86. The summed E-state index contributed by atoms with van der Waals surface area (Å²) >= 11 is 1.85. The number of rotatable bonds is 4. The molecule has 1 aromatic rings. The summed E-state index contributed by atoms with van der Waals surface area (Å²) in [5, 5.41) is 7.89. The van der Waals surface area contributed by atoms with Crippen LogP contribution in [0.3, 0.4) is 0 Å². The zero-order chi connectivity index (χ0) is 10.6. The molecule has 1 rings (SSSR count). The molecule has 0 aromatic heterocycles. The summed E-state index contributed by atoms with van der Waals surface area (Å²) in [6, 6.07) is 7.83. The van der Waals surface area contributed by atoms with E-state index in [-0.39, 0.29) is 5.84 Å². The summed E-state index contributed by atoms with van der Waals surface area (Å²) in [4.78, 5) is 1.24. The average Bonchev–Trinajstić information content (AvgIpc) is 2.18. The molecule has 0 saturated heterocycles. The number of nitrogen functional groups attached to an aromatic ring is 1. The van der Waals surface area contributed by atoms with Crippen molar-refractivity contribution in [1.29, 1.82) is 5.41 Å². The van der Waals surface area contributed by atoms with Gasteiger partial charge in [0.2, 0.25) is 0 Å². The van der Waals surface area contributed by atoms with Crippen LogP contribution in [0.25, 0.3) is 0 Å². The summed E-state index contributed by atoms with van der Waals surface area (Å²) in [7, 11) is 0. The van der Waals surface area contributed by atoms with Gasteiger partial charge in [0.15, 0.2) is 0 Å². The Labute approximate surface area is 89.4 Å². The minimum atomic E-state index is 0.130. The molecule has 3 heteroatoms. The average molecular weight is 208 g/mol. The van der Waals surface area contributed by atoms with E-state index in [0.29, 0.717) is 5.25 Å². The summed E-state index contributed by atoms with van der Waals surface area (Å²) in [5.41, 5.74) is 6.16. The zero-order valence-corrected chi connectivity index (χ0v) is 9.40. The van der Waals surface area contributed by atoms with Gasteiger partial charge in [0.05, 0.1) is 0 Å². The van der Waals surface area contributed by atoms with Crippen LogP contribution in [-0.4, -0.2) is 11.1 Å². The molecular weight excluding hydrogens is 192 g/mol.